The second-order valence-electron chi connectivity index (χ2n) is 7.85. The van der Waals surface area contributed by atoms with Crippen LogP contribution >= 0.6 is 23.4 Å². The summed E-state index contributed by atoms with van der Waals surface area (Å²) in [5.41, 5.74) is 2.84. The Labute approximate surface area is 214 Å². The number of benzene rings is 4. The maximum Gasteiger partial charge on any atom is 0.255 e. The van der Waals surface area contributed by atoms with Crippen molar-refractivity contribution in [3.05, 3.63) is 120 Å². The molecule has 0 aliphatic rings. The van der Waals surface area contributed by atoms with Crippen LogP contribution in [0, 0.1) is 0 Å². The van der Waals surface area contributed by atoms with Crippen molar-refractivity contribution in [1.29, 1.82) is 0 Å². The fourth-order valence-corrected chi connectivity index (χ4v) is 4.81. The van der Waals surface area contributed by atoms with Gasteiger partial charge in [0.05, 0.1) is 5.25 Å². The van der Waals surface area contributed by atoms with E-state index in [2.05, 4.69) is 5.32 Å². The number of anilines is 3. The number of rotatable bonds is 8. The Morgan fingerprint density at radius 3 is 1.97 bits per heavy atom. The first-order valence-corrected chi connectivity index (χ1v) is 12.6. The van der Waals surface area contributed by atoms with Crippen molar-refractivity contribution in [3.63, 3.8) is 0 Å². The van der Waals surface area contributed by atoms with Crippen LogP contribution in [0.5, 0.6) is 0 Å². The van der Waals surface area contributed by atoms with E-state index in [0.29, 0.717) is 22.7 Å². The molecule has 0 bridgehead atoms. The number of para-hydroxylation sites is 2. The summed E-state index contributed by atoms with van der Waals surface area (Å²) in [6.07, 6.45) is 0.674. The van der Waals surface area contributed by atoms with E-state index in [0.717, 1.165) is 16.3 Å². The molecule has 0 aliphatic heterocycles. The zero-order valence-electron chi connectivity index (χ0n) is 19.2. The summed E-state index contributed by atoms with van der Waals surface area (Å²) in [7, 11) is 0. The summed E-state index contributed by atoms with van der Waals surface area (Å²) in [5, 5.41) is 3.12. The average Bonchev–Trinajstić information content (AvgIpc) is 2.89. The fraction of sp³-hybridized carbons (Fsp3) is 0.103. The number of hydrogen-bond acceptors (Lipinski definition) is 3. The van der Waals surface area contributed by atoms with Crippen molar-refractivity contribution in [2.75, 3.05) is 10.2 Å². The van der Waals surface area contributed by atoms with Crippen molar-refractivity contribution in [2.24, 2.45) is 0 Å². The van der Waals surface area contributed by atoms with Crippen molar-refractivity contribution < 1.29 is 9.59 Å². The molecular formula is C29H25ClN2O2S. The highest BCUT2D eigenvalue weighted by Crippen LogP contribution is 2.33. The van der Waals surface area contributed by atoms with Crippen LogP contribution in [0.15, 0.2) is 114 Å². The molecule has 35 heavy (non-hydrogen) atoms. The van der Waals surface area contributed by atoms with E-state index >= 15 is 0 Å². The van der Waals surface area contributed by atoms with Gasteiger partial charge in [0.25, 0.3) is 5.91 Å². The molecule has 6 heteroatoms. The molecule has 4 aromatic rings. The van der Waals surface area contributed by atoms with Crippen LogP contribution in [0.2, 0.25) is 5.02 Å². The van der Waals surface area contributed by atoms with Crippen LogP contribution in [0.25, 0.3) is 0 Å². The van der Waals surface area contributed by atoms with E-state index < -0.39 is 0 Å². The summed E-state index contributed by atoms with van der Waals surface area (Å²) in [6, 6.07) is 33.7. The maximum atomic E-state index is 13.7. The Bertz CT molecular complexity index is 1240. The third kappa shape index (κ3) is 6.32. The molecular weight excluding hydrogens is 476 g/mol. The molecule has 4 rings (SSSR count). The minimum atomic E-state index is -0.276. The number of amides is 2. The van der Waals surface area contributed by atoms with Crippen LogP contribution in [-0.2, 0) is 4.79 Å². The standard InChI is InChI=1S/C29H25ClN2O2S/c1-2-27(29(34)32(24-12-5-3-6-13-24)25-14-7-4-8-15-25)35-26-18-16-23(17-19-26)31-28(33)21-10-9-11-22(30)20-21/h3-20,27H,2H2,1H3,(H,31,33). The lowest BCUT2D eigenvalue weighted by molar-refractivity contribution is -0.117. The Kier molecular flexibility index (Phi) is 8.24. The topological polar surface area (TPSA) is 49.4 Å². The van der Waals surface area contributed by atoms with Crippen LogP contribution in [0.1, 0.15) is 23.7 Å². The lowest BCUT2D eigenvalue weighted by Crippen LogP contribution is -2.34. The van der Waals surface area contributed by atoms with Crippen molar-refractivity contribution in [3.8, 4) is 0 Å². The molecule has 4 nitrogen and oxygen atoms in total. The molecule has 0 saturated heterocycles. The molecule has 0 fully saturated rings. The molecule has 1 atom stereocenters. The predicted molar refractivity (Wildman–Crippen MR) is 146 cm³/mol. The highest BCUT2D eigenvalue weighted by molar-refractivity contribution is 8.00. The second-order valence-corrected chi connectivity index (χ2v) is 9.56. The zero-order chi connectivity index (χ0) is 24.6. The van der Waals surface area contributed by atoms with Crippen LogP contribution in [0.3, 0.4) is 0 Å². The monoisotopic (exact) mass is 500 g/mol. The molecule has 176 valence electrons. The van der Waals surface area contributed by atoms with Gasteiger partial charge in [-0.2, -0.15) is 0 Å². The summed E-state index contributed by atoms with van der Waals surface area (Å²) >= 11 is 7.51. The molecule has 0 saturated carbocycles. The Balaban J connectivity index is 1.49. The van der Waals surface area contributed by atoms with E-state index in [1.807, 2.05) is 91.9 Å². The molecule has 0 radical (unpaired) electrons. The highest BCUT2D eigenvalue weighted by Gasteiger charge is 2.26. The summed E-state index contributed by atoms with van der Waals surface area (Å²) in [4.78, 5) is 28.9. The largest absolute Gasteiger partial charge is 0.322 e. The third-order valence-corrected chi connectivity index (χ3v) is 6.97. The Hall–Kier alpha value is -3.54. The van der Waals surface area contributed by atoms with Crippen LogP contribution in [0.4, 0.5) is 17.1 Å². The minimum Gasteiger partial charge on any atom is -0.322 e. The van der Waals surface area contributed by atoms with Gasteiger partial charge in [0, 0.05) is 32.5 Å². The van der Waals surface area contributed by atoms with Gasteiger partial charge in [0.15, 0.2) is 0 Å². The lowest BCUT2D eigenvalue weighted by atomic mass is 10.2. The Morgan fingerprint density at radius 2 is 1.43 bits per heavy atom. The van der Waals surface area contributed by atoms with E-state index in [-0.39, 0.29) is 17.1 Å². The van der Waals surface area contributed by atoms with Crippen LogP contribution in [-0.4, -0.2) is 17.1 Å². The molecule has 1 N–H and O–H groups in total. The smallest absolute Gasteiger partial charge is 0.255 e. The maximum absolute atomic E-state index is 13.7. The third-order valence-electron chi connectivity index (χ3n) is 5.37. The quantitative estimate of drug-likeness (QED) is 0.251. The van der Waals surface area contributed by atoms with Gasteiger partial charge < -0.3 is 5.32 Å². The molecule has 1 unspecified atom stereocenters. The first-order valence-electron chi connectivity index (χ1n) is 11.3. The van der Waals surface area contributed by atoms with Gasteiger partial charge in [-0.15, -0.1) is 11.8 Å². The zero-order valence-corrected chi connectivity index (χ0v) is 20.8. The van der Waals surface area contributed by atoms with Gasteiger partial charge in [-0.1, -0.05) is 61.0 Å². The predicted octanol–water partition coefficient (Wildman–Crippen LogP) is 7.83. The van der Waals surface area contributed by atoms with Crippen molar-refractivity contribution in [1.82, 2.24) is 0 Å². The van der Waals surface area contributed by atoms with Crippen molar-refractivity contribution in [2.45, 2.75) is 23.5 Å². The first-order chi connectivity index (χ1) is 17.0. The minimum absolute atomic E-state index is 0.0215. The summed E-state index contributed by atoms with van der Waals surface area (Å²) in [5.74, 6) is -0.205. The van der Waals surface area contributed by atoms with E-state index in [9.17, 15) is 9.59 Å². The van der Waals surface area contributed by atoms with Gasteiger partial charge >= 0.3 is 0 Å². The van der Waals surface area contributed by atoms with Gasteiger partial charge in [0.1, 0.15) is 0 Å². The highest BCUT2D eigenvalue weighted by atomic mass is 35.5. The molecule has 0 heterocycles. The lowest BCUT2D eigenvalue weighted by Gasteiger charge is -2.27. The van der Waals surface area contributed by atoms with E-state index in [1.54, 1.807) is 29.2 Å². The normalized spacial score (nSPS) is 11.5. The van der Waals surface area contributed by atoms with Crippen LogP contribution < -0.4 is 10.2 Å². The molecule has 2 amide bonds. The van der Waals surface area contributed by atoms with Gasteiger partial charge in [-0.3, -0.25) is 14.5 Å². The van der Waals surface area contributed by atoms with E-state index in [4.69, 9.17) is 11.6 Å². The van der Waals surface area contributed by atoms with Gasteiger partial charge in [0.2, 0.25) is 5.91 Å². The fourth-order valence-electron chi connectivity index (χ4n) is 3.62. The SMILES string of the molecule is CCC(Sc1ccc(NC(=O)c2cccc(Cl)c2)cc1)C(=O)N(c1ccccc1)c1ccccc1. The van der Waals surface area contributed by atoms with Gasteiger partial charge in [-0.25, -0.2) is 0 Å². The molecule has 0 spiro atoms. The molecule has 0 aromatic heterocycles. The number of carbonyl (C=O) groups is 2. The molecule has 4 aromatic carbocycles. The summed E-state index contributed by atoms with van der Waals surface area (Å²) in [6.45, 7) is 2.02. The average molecular weight is 501 g/mol. The molecule has 0 aliphatic carbocycles. The number of nitrogens with one attached hydrogen (secondary N) is 1. The van der Waals surface area contributed by atoms with E-state index in [1.165, 1.54) is 11.8 Å². The first kappa shape index (κ1) is 24.6. The number of carbonyl (C=O) groups excluding carboxylic acids is 2. The number of halogens is 1. The number of nitrogens with zero attached hydrogens (tertiary/aromatic N) is 1. The Morgan fingerprint density at radius 1 is 0.829 bits per heavy atom. The number of thioether (sulfide) groups is 1. The number of hydrogen-bond donors (Lipinski definition) is 1. The van der Waals surface area contributed by atoms with Crippen molar-refractivity contribution >= 4 is 52.2 Å². The van der Waals surface area contributed by atoms with Gasteiger partial charge in [-0.05, 0) is 73.2 Å². The summed E-state index contributed by atoms with van der Waals surface area (Å²) < 4.78 is 0. The second kappa shape index (κ2) is 11.7.